The molecule has 0 spiro atoms. The molecule has 2 fully saturated rings. The predicted octanol–water partition coefficient (Wildman–Crippen LogP) is 2.32. The fraction of sp³-hybridized carbons (Fsp3) is 0.500. The van der Waals surface area contributed by atoms with Gasteiger partial charge in [-0.25, -0.2) is 9.97 Å². The fourth-order valence-corrected chi connectivity index (χ4v) is 5.24. The number of nitrogens with one attached hydrogen (secondary N) is 1. The summed E-state index contributed by atoms with van der Waals surface area (Å²) in [6.45, 7) is 5.29. The predicted molar refractivity (Wildman–Crippen MR) is 122 cm³/mol. The molecule has 31 heavy (non-hydrogen) atoms. The second-order valence-electron chi connectivity index (χ2n) is 8.35. The van der Waals surface area contributed by atoms with Gasteiger partial charge in [0.05, 0.1) is 17.3 Å². The average Bonchev–Trinajstić information content (AvgIpc) is 3.54. The number of rotatable bonds is 5. The van der Waals surface area contributed by atoms with Crippen molar-refractivity contribution in [2.24, 2.45) is 0 Å². The zero-order valence-corrected chi connectivity index (χ0v) is 18.5. The highest BCUT2D eigenvalue weighted by Crippen LogP contribution is 2.26. The molecule has 0 saturated carbocycles. The maximum absolute atomic E-state index is 12.8. The minimum Gasteiger partial charge on any atom is -0.393 e. The highest BCUT2D eigenvalue weighted by molar-refractivity contribution is 7.13. The van der Waals surface area contributed by atoms with E-state index in [0.29, 0.717) is 5.69 Å². The van der Waals surface area contributed by atoms with Crippen molar-refractivity contribution in [3.63, 3.8) is 0 Å². The summed E-state index contributed by atoms with van der Waals surface area (Å²) in [7, 11) is 0. The number of aromatic nitrogens is 3. The summed E-state index contributed by atoms with van der Waals surface area (Å²) in [6, 6.07) is 4.20. The molecule has 3 aromatic rings. The average molecular weight is 441 g/mol. The van der Waals surface area contributed by atoms with Crippen molar-refractivity contribution in [3.8, 4) is 0 Å². The first-order valence-electron chi connectivity index (χ1n) is 11.0. The number of hydrogen-bond donors (Lipinski definition) is 2. The Morgan fingerprint density at radius 3 is 2.84 bits per heavy atom. The zero-order valence-electron chi connectivity index (χ0n) is 17.7. The van der Waals surface area contributed by atoms with Gasteiger partial charge in [0.2, 0.25) is 0 Å². The number of thiazole rings is 1. The first kappa shape index (κ1) is 20.3. The molecule has 3 aromatic heterocycles. The lowest BCUT2D eigenvalue weighted by molar-refractivity contribution is 0.0936. The highest BCUT2D eigenvalue weighted by atomic mass is 32.1. The van der Waals surface area contributed by atoms with Gasteiger partial charge in [0.15, 0.2) is 10.9 Å². The second-order valence-corrected chi connectivity index (χ2v) is 9.19. The van der Waals surface area contributed by atoms with E-state index in [2.05, 4.69) is 49.9 Å². The molecule has 2 N–H and O–H groups in total. The van der Waals surface area contributed by atoms with E-state index in [1.165, 1.54) is 11.3 Å². The zero-order chi connectivity index (χ0) is 21.4. The summed E-state index contributed by atoms with van der Waals surface area (Å²) in [4.78, 5) is 26.6. The third kappa shape index (κ3) is 4.12. The third-order valence-corrected chi connectivity index (χ3v) is 7.09. The molecule has 0 aromatic carbocycles. The van der Waals surface area contributed by atoms with Crippen molar-refractivity contribution in [2.45, 2.75) is 44.8 Å². The number of aryl methyl sites for hydroxylation is 1. The quantitative estimate of drug-likeness (QED) is 0.633. The molecule has 8 nitrogen and oxygen atoms in total. The Morgan fingerprint density at radius 2 is 2.03 bits per heavy atom. The van der Waals surface area contributed by atoms with E-state index in [4.69, 9.17) is 4.98 Å². The molecule has 0 bridgehead atoms. The van der Waals surface area contributed by atoms with Gasteiger partial charge in [-0.15, -0.1) is 11.3 Å². The largest absolute Gasteiger partial charge is 0.393 e. The van der Waals surface area contributed by atoms with E-state index in [-0.39, 0.29) is 18.1 Å². The van der Waals surface area contributed by atoms with Crippen molar-refractivity contribution in [3.05, 3.63) is 41.3 Å². The molecule has 9 heteroatoms. The van der Waals surface area contributed by atoms with Gasteiger partial charge >= 0.3 is 0 Å². The molecule has 0 radical (unpaired) electrons. The van der Waals surface area contributed by atoms with Crippen LogP contribution in [0, 0.1) is 0 Å². The van der Waals surface area contributed by atoms with Crippen molar-refractivity contribution < 1.29 is 9.90 Å². The Labute approximate surface area is 185 Å². The summed E-state index contributed by atoms with van der Waals surface area (Å²) in [5.41, 5.74) is 2.64. The molecule has 2 aliphatic rings. The van der Waals surface area contributed by atoms with E-state index < -0.39 is 0 Å². The Bertz CT molecular complexity index is 1070. The van der Waals surface area contributed by atoms with Crippen molar-refractivity contribution >= 4 is 33.7 Å². The molecular weight excluding hydrogens is 412 g/mol. The van der Waals surface area contributed by atoms with E-state index in [1.807, 2.05) is 11.4 Å². The van der Waals surface area contributed by atoms with Crippen LogP contribution in [0.4, 0.5) is 10.9 Å². The van der Waals surface area contributed by atoms with Crippen molar-refractivity contribution in [1.82, 2.24) is 19.7 Å². The number of aliphatic hydroxyl groups is 1. The maximum Gasteiger partial charge on any atom is 0.271 e. The van der Waals surface area contributed by atoms with Crippen LogP contribution in [0.1, 0.15) is 42.4 Å². The minimum absolute atomic E-state index is 0.0740. The fourth-order valence-electron chi connectivity index (χ4n) is 4.38. The van der Waals surface area contributed by atoms with Gasteiger partial charge in [-0.05, 0) is 37.8 Å². The minimum atomic E-state index is -0.218. The Balaban J connectivity index is 1.24. The summed E-state index contributed by atoms with van der Waals surface area (Å²) in [5.74, 6) is 0.874. The molecule has 1 atom stereocenters. The molecule has 2 aliphatic heterocycles. The molecule has 0 aliphatic carbocycles. The summed E-state index contributed by atoms with van der Waals surface area (Å²) in [6.07, 6.45) is 7.19. The number of anilines is 2. The van der Waals surface area contributed by atoms with Gasteiger partial charge in [0.1, 0.15) is 5.69 Å². The Kier molecular flexibility index (Phi) is 5.54. The molecule has 5 heterocycles. The lowest BCUT2D eigenvalue weighted by Crippen LogP contribution is -2.38. The van der Waals surface area contributed by atoms with Crippen LogP contribution in [-0.4, -0.2) is 63.7 Å². The standard InChI is InChI=1S/C22H28N6O2S/c1-2-15-12-27-8-3-4-19(27)20(23-15)28-9-5-16(13-28)24-21(30)18-14-31-22(25-18)26-10-6-17(29)7-11-26/h3-4,8,12,14,16-17,29H,2,5-7,9-11,13H2,1H3,(H,24,30)/t16-/m0/s1. The number of carbonyl (C=O) groups excluding carboxylic acids is 1. The topological polar surface area (TPSA) is 86.0 Å². The SMILES string of the molecule is CCc1cn2cccc2c(N2CC[C@H](NC(=O)c3csc(N4CCC(O)CC4)n3)C2)n1. The van der Waals surface area contributed by atoms with Crippen molar-refractivity contribution in [1.29, 1.82) is 0 Å². The lowest BCUT2D eigenvalue weighted by atomic mass is 10.1. The molecule has 0 unspecified atom stereocenters. The van der Waals surface area contributed by atoms with Gasteiger partial charge in [0, 0.05) is 50.0 Å². The van der Waals surface area contributed by atoms with Gasteiger partial charge in [-0.2, -0.15) is 0 Å². The van der Waals surface area contributed by atoms with Crippen LogP contribution in [0.15, 0.2) is 29.9 Å². The lowest BCUT2D eigenvalue weighted by Gasteiger charge is -2.29. The van der Waals surface area contributed by atoms with Gasteiger partial charge in [0.25, 0.3) is 5.91 Å². The molecule has 164 valence electrons. The number of aliphatic hydroxyl groups excluding tert-OH is 1. The van der Waals surface area contributed by atoms with Gasteiger partial charge < -0.3 is 24.6 Å². The van der Waals surface area contributed by atoms with Crippen LogP contribution in [0.5, 0.6) is 0 Å². The normalized spacial score (nSPS) is 20.0. The van der Waals surface area contributed by atoms with E-state index in [9.17, 15) is 9.90 Å². The number of fused-ring (bicyclic) bond motifs is 1. The second kappa shape index (κ2) is 8.47. The summed E-state index contributed by atoms with van der Waals surface area (Å²) in [5, 5.41) is 15.5. The molecular formula is C22H28N6O2S. The third-order valence-electron chi connectivity index (χ3n) is 6.19. The van der Waals surface area contributed by atoms with E-state index in [0.717, 1.165) is 74.0 Å². The summed E-state index contributed by atoms with van der Waals surface area (Å²) >= 11 is 1.50. The van der Waals surface area contributed by atoms with Gasteiger partial charge in [-0.3, -0.25) is 4.79 Å². The van der Waals surface area contributed by atoms with Crippen LogP contribution in [0.2, 0.25) is 0 Å². The summed E-state index contributed by atoms with van der Waals surface area (Å²) < 4.78 is 2.13. The smallest absolute Gasteiger partial charge is 0.271 e. The number of nitrogens with zero attached hydrogens (tertiary/aromatic N) is 5. The monoisotopic (exact) mass is 440 g/mol. The molecule has 1 amide bonds. The molecule has 5 rings (SSSR count). The van der Waals surface area contributed by atoms with Crippen molar-refractivity contribution in [2.75, 3.05) is 36.0 Å². The number of piperidine rings is 1. The molecule has 2 saturated heterocycles. The number of hydrogen-bond acceptors (Lipinski definition) is 7. The first-order chi connectivity index (χ1) is 15.1. The van der Waals surface area contributed by atoms with Crippen LogP contribution in [0.3, 0.4) is 0 Å². The van der Waals surface area contributed by atoms with Crippen LogP contribution in [0.25, 0.3) is 5.52 Å². The Hall–Kier alpha value is -2.65. The van der Waals surface area contributed by atoms with Gasteiger partial charge in [-0.1, -0.05) is 6.92 Å². The maximum atomic E-state index is 12.8. The number of carbonyl (C=O) groups is 1. The number of amides is 1. The van der Waals surface area contributed by atoms with Crippen LogP contribution >= 0.6 is 11.3 Å². The van der Waals surface area contributed by atoms with Crippen LogP contribution in [-0.2, 0) is 6.42 Å². The Morgan fingerprint density at radius 1 is 1.23 bits per heavy atom. The highest BCUT2D eigenvalue weighted by Gasteiger charge is 2.28. The van der Waals surface area contributed by atoms with E-state index >= 15 is 0 Å². The van der Waals surface area contributed by atoms with E-state index in [1.54, 1.807) is 0 Å². The first-order valence-corrected chi connectivity index (χ1v) is 11.9. The van der Waals surface area contributed by atoms with Crippen LogP contribution < -0.4 is 15.1 Å².